The summed E-state index contributed by atoms with van der Waals surface area (Å²) in [5.41, 5.74) is 5.12. The topological polar surface area (TPSA) is 67.4 Å². The number of nitrogens with one attached hydrogen (secondary N) is 1. The highest BCUT2D eigenvalue weighted by Crippen LogP contribution is 2.22. The first-order valence-corrected chi connectivity index (χ1v) is 12.1. The zero-order valence-electron chi connectivity index (χ0n) is 20.0. The van der Waals surface area contributed by atoms with Crippen molar-refractivity contribution in [1.29, 1.82) is 0 Å². The van der Waals surface area contributed by atoms with E-state index in [1.807, 2.05) is 59.9 Å². The zero-order chi connectivity index (χ0) is 24.0. The highest BCUT2D eigenvalue weighted by Gasteiger charge is 2.24. The quantitative estimate of drug-likeness (QED) is 0.439. The van der Waals surface area contributed by atoms with Crippen LogP contribution < -0.4 is 5.32 Å². The number of benzene rings is 2. The molecule has 178 valence electrons. The average molecular weight is 467 g/mol. The minimum atomic E-state index is 0.0505. The number of rotatable bonds is 6. The molecular formula is C29H30N4O2. The van der Waals surface area contributed by atoms with E-state index in [1.54, 1.807) is 6.20 Å². The fourth-order valence-electron chi connectivity index (χ4n) is 4.61. The highest BCUT2D eigenvalue weighted by atomic mass is 16.5. The molecule has 1 N–H and O–H groups in total. The van der Waals surface area contributed by atoms with Crippen LogP contribution in [-0.2, 0) is 17.7 Å². The Morgan fingerprint density at radius 2 is 1.94 bits per heavy atom. The second-order valence-electron chi connectivity index (χ2n) is 9.20. The molecule has 0 aliphatic carbocycles. The molecule has 5 rings (SSSR count). The third kappa shape index (κ3) is 5.66. The summed E-state index contributed by atoms with van der Waals surface area (Å²) in [7, 11) is 0. The fourth-order valence-corrected chi connectivity index (χ4v) is 4.61. The Kier molecular flexibility index (Phi) is 7.00. The van der Waals surface area contributed by atoms with Crippen LogP contribution in [0.5, 0.6) is 0 Å². The number of hydrogen-bond donors (Lipinski definition) is 1. The van der Waals surface area contributed by atoms with Crippen LogP contribution in [0.1, 0.15) is 27.0 Å². The molecule has 0 saturated carbocycles. The Balaban J connectivity index is 1.28. The molecule has 0 unspecified atom stereocenters. The van der Waals surface area contributed by atoms with Gasteiger partial charge in [-0.15, -0.1) is 0 Å². The Hall–Kier alpha value is -3.77. The third-order valence-corrected chi connectivity index (χ3v) is 6.54. The summed E-state index contributed by atoms with van der Waals surface area (Å²) in [5, 5.41) is 5.78. The second kappa shape index (κ2) is 10.7. The van der Waals surface area contributed by atoms with Gasteiger partial charge in [0.2, 0.25) is 0 Å². The van der Waals surface area contributed by atoms with Gasteiger partial charge in [-0.1, -0.05) is 30.3 Å². The lowest BCUT2D eigenvalue weighted by Crippen LogP contribution is -2.36. The lowest BCUT2D eigenvalue weighted by Gasteiger charge is -2.24. The fraction of sp³-hybridized carbons (Fsp3) is 0.276. The van der Waals surface area contributed by atoms with E-state index in [0.29, 0.717) is 38.4 Å². The number of aromatic nitrogens is 2. The summed E-state index contributed by atoms with van der Waals surface area (Å²) in [5.74, 6) is 0.295. The first-order valence-electron chi connectivity index (χ1n) is 12.1. The van der Waals surface area contributed by atoms with Gasteiger partial charge in [0.1, 0.15) is 0 Å². The van der Waals surface area contributed by atoms with Crippen LogP contribution in [-0.4, -0.2) is 47.1 Å². The number of pyridine rings is 2. The molecule has 1 fully saturated rings. The first-order chi connectivity index (χ1) is 17.2. The van der Waals surface area contributed by atoms with Crippen molar-refractivity contribution in [3.63, 3.8) is 0 Å². The van der Waals surface area contributed by atoms with Crippen molar-refractivity contribution in [2.24, 2.45) is 5.92 Å². The zero-order valence-corrected chi connectivity index (χ0v) is 20.0. The molecule has 2 aromatic heterocycles. The molecule has 0 radical (unpaired) electrons. The molecule has 1 aliphatic rings. The van der Waals surface area contributed by atoms with Crippen LogP contribution in [0, 0.1) is 12.8 Å². The maximum atomic E-state index is 13.5. The van der Waals surface area contributed by atoms with Crippen molar-refractivity contribution >= 4 is 22.4 Å². The monoisotopic (exact) mass is 466 g/mol. The molecule has 0 spiro atoms. The normalized spacial score (nSPS) is 16.1. The van der Waals surface area contributed by atoms with Gasteiger partial charge in [-0.25, -0.2) is 0 Å². The summed E-state index contributed by atoms with van der Waals surface area (Å²) in [4.78, 5) is 23.8. The molecule has 0 bridgehead atoms. The lowest BCUT2D eigenvalue weighted by molar-refractivity contribution is 0.0737. The van der Waals surface area contributed by atoms with Crippen LogP contribution in [0.3, 0.4) is 0 Å². The maximum Gasteiger partial charge on any atom is 0.254 e. The Morgan fingerprint density at radius 3 is 2.83 bits per heavy atom. The van der Waals surface area contributed by atoms with Gasteiger partial charge in [0.05, 0.1) is 13.2 Å². The van der Waals surface area contributed by atoms with E-state index in [1.165, 1.54) is 10.9 Å². The van der Waals surface area contributed by atoms with Gasteiger partial charge in [0.25, 0.3) is 5.91 Å². The largest absolute Gasteiger partial charge is 0.381 e. The smallest absolute Gasteiger partial charge is 0.254 e. The number of aryl methyl sites for hydroxylation is 1. The van der Waals surface area contributed by atoms with E-state index in [0.717, 1.165) is 28.6 Å². The summed E-state index contributed by atoms with van der Waals surface area (Å²) in [6.45, 7) is 5.21. The van der Waals surface area contributed by atoms with Crippen LogP contribution in [0.25, 0.3) is 10.8 Å². The minimum Gasteiger partial charge on any atom is -0.381 e. The van der Waals surface area contributed by atoms with Crippen molar-refractivity contribution in [2.75, 3.05) is 31.6 Å². The molecule has 35 heavy (non-hydrogen) atoms. The number of nitrogens with zero attached hydrogens (tertiary/aromatic N) is 3. The molecule has 1 aliphatic heterocycles. The van der Waals surface area contributed by atoms with E-state index in [2.05, 4.69) is 40.4 Å². The number of carbonyl (C=O) groups is 1. The van der Waals surface area contributed by atoms with Crippen LogP contribution >= 0.6 is 0 Å². The van der Waals surface area contributed by atoms with Gasteiger partial charge in [-0.2, -0.15) is 0 Å². The molecule has 1 saturated heterocycles. The number of hydrogen-bond acceptors (Lipinski definition) is 5. The predicted octanol–water partition coefficient (Wildman–Crippen LogP) is 4.88. The van der Waals surface area contributed by atoms with Gasteiger partial charge in [-0.05, 0) is 59.7 Å². The SMILES string of the molecule is Cc1ccc(C(=O)N2CCOC[C@H](Cc3ccc4cnccc4c3)C2)cc1NCc1cccnc1. The third-order valence-electron chi connectivity index (χ3n) is 6.54. The van der Waals surface area contributed by atoms with Gasteiger partial charge in [-0.3, -0.25) is 14.8 Å². The molecule has 2 aromatic carbocycles. The van der Waals surface area contributed by atoms with Crippen LogP contribution in [0.2, 0.25) is 0 Å². The van der Waals surface area contributed by atoms with E-state index in [4.69, 9.17) is 4.74 Å². The number of carbonyl (C=O) groups excluding carboxylic acids is 1. The van der Waals surface area contributed by atoms with E-state index < -0.39 is 0 Å². The molecular weight excluding hydrogens is 436 g/mol. The Bertz CT molecular complexity index is 1310. The van der Waals surface area contributed by atoms with Crippen LogP contribution in [0.4, 0.5) is 5.69 Å². The van der Waals surface area contributed by atoms with Gasteiger partial charge >= 0.3 is 0 Å². The minimum absolute atomic E-state index is 0.0505. The summed E-state index contributed by atoms with van der Waals surface area (Å²) in [6, 6.07) is 18.4. The van der Waals surface area contributed by atoms with Crippen molar-refractivity contribution in [2.45, 2.75) is 19.9 Å². The summed E-state index contributed by atoms with van der Waals surface area (Å²) in [6.07, 6.45) is 8.19. The molecule has 4 aromatic rings. The Labute approximate surface area is 206 Å². The molecule has 6 heteroatoms. The van der Waals surface area contributed by atoms with Crippen molar-refractivity contribution in [3.05, 3.63) is 102 Å². The number of anilines is 1. The van der Waals surface area contributed by atoms with Crippen molar-refractivity contribution < 1.29 is 9.53 Å². The highest BCUT2D eigenvalue weighted by molar-refractivity contribution is 5.95. The van der Waals surface area contributed by atoms with Crippen molar-refractivity contribution in [1.82, 2.24) is 14.9 Å². The molecule has 3 heterocycles. The number of amides is 1. The number of fused-ring (bicyclic) bond motifs is 1. The average Bonchev–Trinajstić information content (AvgIpc) is 3.14. The van der Waals surface area contributed by atoms with Crippen LogP contribution in [0.15, 0.2) is 79.4 Å². The van der Waals surface area contributed by atoms with E-state index >= 15 is 0 Å². The molecule has 1 atom stereocenters. The van der Waals surface area contributed by atoms with Gasteiger partial charge in [0.15, 0.2) is 0 Å². The van der Waals surface area contributed by atoms with Gasteiger partial charge in [0, 0.05) is 67.0 Å². The lowest BCUT2D eigenvalue weighted by atomic mass is 9.97. The molecule has 6 nitrogen and oxygen atoms in total. The van der Waals surface area contributed by atoms with E-state index in [9.17, 15) is 4.79 Å². The standard InChI is InChI=1S/C29H30N4O2/c1-21-4-6-26(15-28(21)32-17-23-3-2-9-30-16-23)29(34)33-11-12-35-20-24(19-33)13-22-5-7-27-18-31-10-8-25(27)14-22/h2-10,14-16,18,24,32H,11-13,17,19-20H2,1H3/t24-/m1/s1. The van der Waals surface area contributed by atoms with Crippen molar-refractivity contribution in [3.8, 4) is 0 Å². The van der Waals surface area contributed by atoms with E-state index in [-0.39, 0.29) is 11.8 Å². The second-order valence-corrected chi connectivity index (χ2v) is 9.20. The summed E-state index contributed by atoms with van der Waals surface area (Å²) >= 11 is 0. The molecule has 1 amide bonds. The summed E-state index contributed by atoms with van der Waals surface area (Å²) < 4.78 is 5.89. The maximum absolute atomic E-state index is 13.5. The van der Waals surface area contributed by atoms with Gasteiger partial charge < -0.3 is 15.0 Å². The number of ether oxygens (including phenoxy) is 1. The predicted molar refractivity (Wildman–Crippen MR) is 138 cm³/mol. The Morgan fingerprint density at radius 1 is 1.03 bits per heavy atom. The first kappa shape index (κ1) is 23.0.